The van der Waals surface area contributed by atoms with E-state index >= 15 is 0 Å². The molecule has 74 valence electrons. The van der Waals surface area contributed by atoms with Crippen LogP contribution in [0.25, 0.3) is 0 Å². The van der Waals surface area contributed by atoms with Gasteiger partial charge in [0.1, 0.15) is 0 Å². The van der Waals surface area contributed by atoms with Crippen molar-refractivity contribution in [2.24, 2.45) is 11.7 Å². The highest BCUT2D eigenvalue weighted by molar-refractivity contribution is 5.48. The first kappa shape index (κ1) is 8.30. The molecule has 0 aliphatic heterocycles. The van der Waals surface area contributed by atoms with Gasteiger partial charge in [-0.2, -0.15) is 0 Å². The number of hydrogen-bond acceptors (Lipinski definition) is 2. The number of hydrogen-bond donors (Lipinski definition) is 2. The Labute approximate surface area is 84.3 Å². The Morgan fingerprint density at radius 2 is 1.86 bits per heavy atom. The van der Waals surface area contributed by atoms with Crippen molar-refractivity contribution in [3.8, 4) is 0 Å². The van der Waals surface area contributed by atoms with E-state index in [1.54, 1.807) is 0 Å². The lowest BCUT2D eigenvalue weighted by Gasteiger charge is -2.22. The minimum atomic E-state index is 0.0517. The maximum absolute atomic E-state index is 6.42. The largest absolute Gasteiger partial charge is 0.399 e. The number of benzene rings is 1. The van der Waals surface area contributed by atoms with Gasteiger partial charge in [0.05, 0.1) is 0 Å². The summed E-state index contributed by atoms with van der Waals surface area (Å²) < 4.78 is 0. The normalized spacial score (nSPS) is 30.4. The number of fused-ring (bicyclic) bond motifs is 1. The summed E-state index contributed by atoms with van der Waals surface area (Å²) in [5.74, 6) is 0.760. The summed E-state index contributed by atoms with van der Waals surface area (Å²) in [6.45, 7) is 0. The van der Waals surface area contributed by atoms with Gasteiger partial charge in [-0.1, -0.05) is 6.07 Å². The predicted molar refractivity (Wildman–Crippen MR) is 57.9 cm³/mol. The maximum Gasteiger partial charge on any atom is 0.0316 e. The molecule has 1 aromatic rings. The average Bonchev–Trinajstić information content (AvgIpc) is 2.90. The third kappa shape index (κ3) is 1.14. The number of nitrogen functional groups attached to an aromatic ring is 1. The van der Waals surface area contributed by atoms with Gasteiger partial charge in [0.25, 0.3) is 0 Å². The van der Waals surface area contributed by atoms with Gasteiger partial charge in [0.15, 0.2) is 0 Å². The minimum absolute atomic E-state index is 0.0517. The van der Waals surface area contributed by atoms with Gasteiger partial charge in [0, 0.05) is 11.2 Å². The van der Waals surface area contributed by atoms with Crippen LogP contribution in [0.2, 0.25) is 0 Å². The second-order valence-electron chi connectivity index (χ2n) is 4.89. The highest BCUT2D eigenvalue weighted by Gasteiger charge is 2.45. The van der Waals surface area contributed by atoms with Crippen LogP contribution in [-0.4, -0.2) is 5.54 Å². The molecule has 2 nitrogen and oxygen atoms in total. The summed E-state index contributed by atoms with van der Waals surface area (Å²) in [4.78, 5) is 0. The Morgan fingerprint density at radius 1 is 1.14 bits per heavy atom. The van der Waals surface area contributed by atoms with Crippen LogP contribution < -0.4 is 11.5 Å². The van der Waals surface area contributed by atoms with E-state index in [-0.39, 0.29) is 5.54 Å². The molecule has 2 aliphatic carbocycles. The third-order valence-corrected chi connectivity index (χ3v) is 3.66. The maximum atomic E-state index is 6.42. The predicted octanol–water partition coefficient (Wildman–Crippen LogP) is 1.47. The Balaban J connectivity index is 1.96. The first-order valence-corrected chi connectivity index (χ1v) is 5.33. The molecule has 0 spiro atoms. The lowest BCUT2D eigenvalue weighted by atomic mass is 9.91. The fourth-order valence-corrected chi connectivity index (χ4v) is 2.70. The van der Waals surface area contributed by atoms with Crippen LogP contribution in [0.3, 0.4) is 0 Å². The molecule has 1 atom stereocenters. The highest BCUT2D eigenvalue weighted by Crippen LogP contribution is 2.45. The van der Waals surface area contributed by atoms with Crippen molar-refractivity contribution >= 4 is 5.69 Å². The number of rotatable bonds is 1. The summed E-state index contributed by atoms with van der Waals surface area (Å²) in [5, 5.41) is 0. The Hall–Kier alpha value is -1.02. The second-order valence-corrected chi connectivity index (χ2v) is 4.89. The molecule has 1 saturated carbocycles. The zero-order valence-electron chi connectivity index (χ0n) is 8.29. The fourth-order valence-electron chi connectivity index (χ4n) is 2.70. The van der Waals surface area contributed by atoms with Crippen molar-refractivity contribution in [1.29, 1.82) is 0 Å². The summed E-state index contributed by atoms with van der Waals surface area (Å²) in [5.41, 5.74) is 15.9. The van der Waals surface area contributed by atoms with Crippen LogP contribution in [-0.2, 0) is 12.8 Å². The molecule has 1 unspecified atom stereocenters. The first-order valence-electron chi connectivity index (χ1n) is 5.33. The Bertz CT molecular complexity index is 382. The molecule has 1 fully saturated rings. The molecule has 2 heteroatoms. The fraction of sp³-hybridized carbons (Fsp3) is 0.500. The standard InChI is InChI=1S/C12H16N2/c13-11-4-1-8-6-12(14,10-2-3-10)7-9(8)5-11/h1,4-5,10H,2-3,6-7,13-14H2. The van der Waals surface area contributed by atoms with E-state index in [2.05, 4.69) is 12.1 Å². The minimum Gasteiger partial charge on any atom is -0.399 e. The molecule has 4 N–H and O–H groups in total. The molecule has 0 aromatic heterocycles. The van der Waals surface area contributed by atoms with Gasteiger partial charge in [-0.05, 0) is 54.9 Å². The smallest absolute Gasteiger partial charge is 0.0316 e. The van der Waals surface area contributed by atoms with E-state index in [4.69, 9.17) is 11.5 Å². The van der Waals surface area contributed by atoms with Crippen molar-refractivity contribution in [3.05, 3.63) is 29.3 Å². The third-order valence-electron chi connectivity index (χ3n) is 3.66. The molecule has 2 aliphatic rings. The van der Waals surface area contributed by atoms with Crippen LogP contribution in [0.15, 0.2) is 18.2 Å². The van der Waals surface area contributed by atoms with E-state index in [0.29, 0.717) is 0 Å². The Morgan fingerprint density at radius 3 is 2.57 bits per heavy atom. The number of nitrogens with two attached hydrogens (primary N) is 2. The van der Waals surface area contributed by atoms with E-state index in [9.17, 15) is 0 Å². The average molecular weight is 188 g/mol. The van der Waals surface area contributed by atoms with Gasteiger partial charge >= 0.3 is 0 Å². The van der Waals surface area contributed by atoms with Crippen molar-refractivity contribution in [2.75, 3.05) is 5.73 Å². The molecular weight excluding hydrogens is 172 g/mol. The molecule has 14 heavy (non-hydrogen) atoms. The second kappa shape index (κ2) is 2.51. The summed E-state index contributed by atoms with van der Waals surface area (Å²) in [6.07, 6.45) is 4.71. The summed E-state index contributed by atoms with van der Waals surface area (Å²) >= 11 is 0. The van der Waals surface area contributed by atoms with E-state index < -0.39 is 0 Å². The van der Waals surface area contributed by atoms with Gasteiger partial charge in [-0.3, -0.25) is 0 Å². The van der Waals surface area contributed by atoms with E-state index in [1.807, 2.05) is 6.07 Å². The molecule has 0 heterocycles. The SMILES string of the molecule is Nc1ccc2c(c1)CC(N)(C1CC1)C2. The topological polar surface area (TPSA) is 52.0 Å². The summed E-state index contributed by atoms with van der Waals surface area (Å²) in [7, 11) is 0. The zero-order chi connectivity index (χ0) is 9.76. The zero-order valence-corrected chi connectivity index (χ0v) is 8.29. The Kier molecular flexibility index (Phi) is 1.49. The quantitative estimate of drug-likeness (QED) is 0.656. The molecule has 0 bridgehead atoms. The lowest BCUT2D eigenvalue weighted by Crippen LogP contribution is -2.42. The highest BCUT2D eigenvalue weighted by atomic mass is 14.8. The van der Waals surface area contributed by atoms with Crippen molar-refractivity contribution in [2.45, 2.75) is 31.2 Å². The van der Waals surface area contributed by atoms with Crippen LogP contribution in [0.4, 0.5) is 5.69 Å². The molecule has 0 saturated heterocycles. The van der Waals surface area contributed by atoms with Crippen molar-refractivity contribution < 1.29 is 0 Å². The van der Waals surface area contributed by atoms with Gasteiger partial charge in [0.2, 0.25) is 0 Å². The molecule has 1 aromatic carbocycles. The molecule has 0 amide bonds. The molecule has 0 radical (unpaired) electrons. The summed E-state index contributed by atoms with van der Waals surface area (Å²) in [6, 6.07) is 6.21. The first-order chi connectivity index (χ1) is 6.67. The molecular formula is C12H16N2. The van der Waals surface area contributed by atoms with E-state index in [1.165, 1.54) is 24.0 Å². The van der Waals surface area contributed by atoms with Crippen LogP contribution in [0.1, 0.15) is 24.0 Å². The van der Waals surface area contributed by atoms with Crippen molar-refractivity contribution in [1.82, 2.24) is 0 Å². The van der Waals surface area contributed by atoms with Crippen molar-refractivity contribution in [3.63, 3.8) is 0 Å². The number of anilines is 1. The van der Waals surface area contributed by atoms with E-state index in [0.717, 1.165) is 24.4 Å². The van der Waals surface area contributed by atoms with Crippen LogP contribution in [0.5, 0.6) is 0 Å². The molecule has 3 rings (SSSR count). The lowest BCUT2D eigenvalue weighted by molar-refractivity contribution is 0.391. The van der Waals surface area contributed by atoms with Crippen LogP contribution >= 0.6 is 0 Å². The van der Waals surface area contributed by atoms with Crippen LogP contribution in [0, 0.1) is 5.92 Å². The van der Waals surface area contributed by atoms with Gasteiger partial charge < -0.3 is 11.5 Å². The van der Waals surface area contributed by atoms with Gasteiger partial charge in [-0.15, -0.1) is 0 Å². The monoisotopic (exact) mass is 188 g/mol. The van der Waals surface area contributed by atoms with Gasteiger partial charge in [-0.25, -0.2) is 0 Å².